The highest BCUT2D eigenvalue weighted by atomic mass is 35.5. The quantitative estimate of drug-likeness (QED) is 0.833. The third-order valence-electron chi connectivity index (χ3n) is 4.42. The van der Waals surface area contributed by atoms with Crippen molar-refractivity contribution in [1.82, 2.24) is 15.1 Å². The Morgan fingerprint density at radius 3 is 2.50 bits per heavy atom. The zero-order valence-electron chi connectivity index (χ0n) is 12.4. The van der Waals surface area contributed by atoms with Gasteiger partial charge in [-0.3, -0.25) is 9.59 Å². The van der Waals surface area contributed by atoms with Gasteiger partial charge in [0.15, 0.2) is 0 Å². The number of nitrogens with one attached hydrogen (secondary N) is 1. The Bertz CT molecular complexity index is 343. The first-order valence-electron chi connectivity index (χ1n) is 7.29. The van der Waals surface area contributed by atoms with Crippen molar-refractivity contribution in [3.05, 3.63) is 0 Å². The van der Waals surface area contributed by atoms with Gasteiger partial charge in [0, 0.05) is 33.1 Å². The van der Waals surface area contributed by atoms with E-state index in [2.05, 4.69) is 5.32 Å². The summed E-state index contributed by atoms with van der Waals surface area (Å²) in [6, 6.07) is 0. The summed E-state index contributed by atoms with van der Waals surface area (Å²) in [4.78, 5) is 27.5. The molecule has 0 aromatic carbocycles. The predicted molar refractivity (Wildman–Crippen MR) is 80.8 cm³/mol. The van der Waals surface area contributed by atoms with Gasteiger partial charge in [-0.1, -0.05) is 0 Å². The Hall–Kier alpha value is -0.810. The lowest BCUT2D eigenvalue weighted by Gasteiger charge is -2.33. The van der Waals surface area contributed by atoms with Crippen molar-refractivity contribution in [3.8, 4) is 0 Å². The molecule has 2 fully saturated rings. The smallest absolute Gasteiger partial charge is 0.227 e. The van der Waals surface area contributed by atoms with Crippen molar-refractivity contribution < 1.29 is 9.59 Å². The third kappa shape index (κ3) is 4.09. The minimum atomic E-state index is -0.105. The fourth-order valence-electron chi connectivity index (χ4n) is 3.08. The van der Waals surface area contributed by atoms with Crippen molar-refractivity contribution in [1.29, 1.82) is 0 Å². The monoisotopic (exact) mass is 303 g/mol. The molecule has 0 aromatic rings. The van der Waals surface area contributed by atoms with Crippen LogP contribution in [0.4, 0.5) is 0 Å². The molecule has 6 heteroatoms. The number of rotatable bonds is 4. The molecule has 20 heavy (non-hydrogen) atoms. The number of nitrogens with zero attached hydrogens (tertiary/aromatic N) is 2. The van der Waals surface area contributed by atoms with Gasteiger partial charge < -0.3 is 15.1 Å². The van der Waals surface area contributed by atoms with Crippen LogP contribution in [0.15, 0.2) is 0 Å². The number of piperidine rings is 1. The molecule has 0 spiro atoms. The molecule has 2 heterocycles. The Balaban J connectivity index is 0.00000200. The van der Waals surface area contributed by atoms with Crippen molar-refractivity contribution in [2.45, 2.75) is 25.7 Å². The average molecular weight is 304 g/mol. The fraction of sp³-hybridized carbons (Fsp3) is 0.857. The van der Waals surface area contributed by atoms with E-state index in [9.17, 15) is 9.59 Å². The molecule has 5 nitrogen and oxygen atoms in total. The highest BCUT2D eigenvalue weighted by Gasteiger charge is 2.35. The lowest BCUT2D eigenvalue weighted by atomic mass is 9.92. The van der Waals surface area contributed by atoms with Gasteiger partial charge in [-0.25, -0.2) is 0 Å². The molecule has 2 amide bonds. The predicted octanol–water partition coefficient (Wildman–Crippen LogP) is 0.735. The van der Waals surface area contributed by atoms with Gasteiger partial charge in [0.2, 0.25) is 11.8 Å². The van der Waals surface area contributed by atoms with Crippen LogP contribution in [0.1, 0.15) is 25.7 Å². The van der Waals surface area contributed by atoms with Crippen molar-refractivity contribution >= 4 is 24.2 Å². The molecule has 2 aliphatic heterocycles. The van der Waals surface area contributed by atoms with Crippen LogP contribution in [0.25, 0.3) is 0 Å². The standard InChI is InChI=1S/C14H25N3O2.ClH/c1-15-6-3-11-4-7-17(8-5-11)14(19)12-9-13(18)16(2)10-12;/h11-12,15H,3-10H2,1-2H3;1H. The Morgan fingerprint density at radius 2 is 2.00 bits per heavy atom. The van der Waals surface area contributed by atoms with E-state index in [1.165, 1.54) is 6.42 Å². The Morgan fingerprint density at radius 1 is 1.35 bits per heavy atom. The molecule has 0 bridgehead atoms. The molecule has 0 radical (unpaired) electrons. The molecule has 1 atom stereocenters. The molecule has 1 unspecified atom stereocenters. The normalized spacial score (nSPS) is 23.9. The number of amides is 2. The molecule has 0 saturated carbocycles. The number of hydrogen-bond acceptors (Lipinski definition) is 3. The first kappa shape index (κ1) is 17.2. The largest absolute Gasteiger partial charge is 0.345 e. The van der Waals surface area contributed by atoms with Crippen LogP contribution in [0.2, 0.25) is 0 Å². The number of likely N-dealkylation sites (tertiary alicyclic amines) is 2. The molecule has 0 aromatic heterocycles. The molecule has 2 saturated heterocycles. The Labute approximate surface area is 127 Å². The lowest BCUT2D eigenvalue weighted by Crippen LogP contribution is -2.42. The van der Waals surface area contributed by atoms with Crippen LogP contribution < -0.4 is 5.32 Å². The molecule has 116 valence electrons. The molecular formula is C14H26ClN3O2. The Kier molecular flexibility index (Phi) is 6.76. The summed E-state index contributed by atoms with van der Waals surface area (Å²) in [5.41, 5.74) is 0. The zero-order chi connectivity index (χ0) is 13.8. The third-order valence-corrected chi connectivity index (χ3v) is 4.42. The van der Waals surface area contributed by atoms with E-state index in [-0.39, 0.29) is 30.1 Å². The first-order chi connectivity index (χ1) is 9.11. The van der Waals surface area contributed by atoms with Crippen LogP contribution in [0.3, 0.4) is 0 Å². The van der Waals surface area contributed by atoms with Crippen molar-refractivity contribution in [2.24, 2.45) is 11.8 Å². The van der Waals surface area contributed by atoms with Crippen molar-refractivity contribution in [3.63, 3.8) is 0 Å². The molecule has 1 N–H and O–H groups in total. The number of halogens is 1. The molecular weight excluding hydrogens is 278 g/mol. The summed E-state index contributed by atoms with van der Waals surface area (Å²) in [5.74, 6) is 0.919. The van der Waals surface area contributed by atoms with Crippen LogP contribution >= 0.6 is 12.4 Å². The highest BCUT2D eigenvalue weighted by molar-refractivity contribution is 5.89. The van der Waals surface area contributed by atoms with E-state index in [4.69, 9.17) is 0 Å². The lowest BCUT2D eigenvalue weighted by molar-refractivity contribution is -0.137. The number of hydrogen-bond donors (Lipinski definition) is 1. The van der Waals surface area contributed by atoms with Crippen LogP contribution in [-0.2, 0) is 9.59 Å². The van der Waals surface area contributed by atoms with Crippen LogP contribution in [0, 0.1) is 11.8 Å². The second-order valence-electron chi connectivity index (χ2n) is 5.84. The zero-order valence-corrected chi connectivity index (χ0v) is 13.2. The summed E-state index contributed by atoms with van der Waals surface area (Å²) in [5, 5.41) is 3.18. The number of carbonyl (C=O) groups is 2. The van der Waals surface area contributed by atoms with Gasteiger partial charge in [-0.15, -0.1) is 12.4 Å². The van der Waals surface area contributed by atoms with E-state index >= 15 is 0 Å². The summed E-state index contributed by atoms with van der Waals surface area (Å²) in [6.07, 6.45) is 3.80. The maximum atomic E-state index is 12.3. The van der Waals surface area contributed by atoms with Gasteiger partial charge in [0.05, 0.1) is 5.92 Å². The molecule has 2 rings (SSSR count). The molecule has 0 aliphatic carbocycles. The maximum Gasteiger partial charge on any atom is 0.227 e. The topological polar surface area (TPSA) is 52.7 Å². The summed E-state index contributed by atoms with van der Waals surface area (Å²) < 4.78 is 0. The van der Waals surface area contributed by atoms with Gasteiger partial charge in [0.25, 0.3) is 0 Å². The number of carbonyl (C=O) groups excluding carboxylic acids is 2. The van der Waals surface area contributed by atoms with Gasteiger partial charge >= 0.3 is 0 Å². The SMILES string of the molecule is CNCCC1CCN(C(=O)C2CC(=O)N(C)C2)CC1.Cl. The van der Waals surface area contributed by atoms with Crippen LogP contribution in [0.5, 0.6) is 0 Å². The van der Waals surface area contributed by atoms with E-state index in [1.54, 1.807) is 11.9 Å². The van der Waals surface area contributed by atoms with Gasteiger partial charge in [0.1, 0.15) is 0 Å². The highest BCUT2D eigenvalue weighted by Crippen LogP contribution is 2.24. The van der Waals surface area contributed by atoms with E-state index < -0.39 is 0 Å². The van der Waals surface area contributed by atoms with E-state index in [0.717, 1.165) is 38.4 Å². The molecule has 2 aliphatic rings. The summed E-state index contributed by atoms with van der Waals surface area (Å²) in [6.45, 7) is 3.38. The second kappa shape index (κ2) is 7.84. The van der Waals surface area contributed by atoms with Gasteiger partial charge in [-0.2, -0.15) is 0 Å². The average Bonchev–Trinajstić information content (AvgIpc) is 2.76. The maximum absolute atomic E-state index is 12.3. The fourth-order valence-corrected chi connectivity index (χ4v) is 3.08. The minimum absolute atomic E-state index is 0. The second-order valence-corrected chi connectivity index (χ2v) is 5.84. The van der Waals surface area contributed by atoms with Crippen LogP contribution in [-0.4, -0.2) is 61.9 Å². The van der Waals surface area contributed by atoms with E-state index in [1.807, 2.05) is 11.9 Å². The first-order valence-corrected chi connectivity index (χ1v) is 7.29. The summed E-state index contributed by atoms with van der Waals surface area (Å²) >= 11 is 0. The minimum Gasteiger partial charge on any atom is -0.345 e. The summed E-state index contributed by atoms with van der Waals surface area (Å²) in [7, 11) is 3.76. The van der Waals surface area contributed by atoms with Crippen molar-refractivity contribution in [2.75, 3.05) is 40.3 Å². The van der Waals surface area contributed by atoms with Gasteiger partial charge in [-0.05, 0) is 38.8 Å². The van der Waals surface area contributed by atoms with E-state index in [0.29, 0.717) is 13.0 Å².